The van der Waals surface area contributed by atoms with Crippen LogP contribution < -0.4 is 15.2 Å². The van der Waals surface area contributed by atoms with Crippen LogP contribution >= 0.6 is 0 Å². The first-order valence-corrected chi connectivity index (χ1v) is 8.43. The summed E-state index contributed by atoms with van der Waals surface area (Å²) >= 11 is 0. The summed E-state index contributed by atoms with van der Waals surface area (Å²) < 4.78 is 17.1. The van der Waals surface area contributed by atoms with E-state index in [-0.39, 0.29) is 11.6 Å². The molecule has 1 aliphatic carbocycles. The summed E-state index contributed by atoms with van der Waals surface area (Å²) in [6.07, 6.45) is 7.88. The smallest absolute Gasteiger partial charge is 0.161 e. The first kappa shape index (κ1) is 15.6. The highest BCUT2D eigenvalue weighted by atomic mass is 16.5. The number of methoxy groups -OCH3 is 1. The molecular weight excluding hydrogens is 278 g/mol. The highest BCUT2D eigenvalue weighted by Gasteiger charge is 2.30. The molecule has 1 aromatic rings. The average Bonchev–Trinajstić information content (AvgIpc) is 2.56. The minimum atomic E-state index is -0.210. The Morgan fingerprint density at radius 1 is 1.09 bits per heavy atom. The third-order valence-electron chi connectivity index (χ3n) is 4.95. The Morgan fingerprint density at radius 3 is 2.50 bits per heavy atom. The lowest BCUT2D eigenvalue weighted by molar-refractivity contribution is 0.0244. The van der Waals surface area contributed by atoms with E-state index in [4.69, 9.17) is 19.9 Å². The quantitative estimate of drug-likeness (QED) is 0.926. The van der Waals surface area contributed by atoms with Gasteiger partial charge in [0.2, 0.25) is 0 Å². The minimum Gasteiger partial charge on any atom is -0.493 e. The lowest BCUT2D eigenvalue weighted by Crippen LogP contribution is -2.38. The normalized spacial score (nSPS) is 22.3. The second-order valence-corrected chi connectivity index (χ2v) is 6.51. The van der Waals surface area contributed by atoms with Crippen LogP contribution in [-0.4, -0.2) is 26.4 Å². The van der Waals surface area contributed by atoms with Crippen molar-refractivity contribution in [2.24, 2.45) is 5.73 Å². The third kappa shape index (κ3) is 3.39. The third-order valence-corrected chi connectivity index (χ3v) is 4.95. The highest BCUT2D eigenvalue weighted by molar-refractivity contribution is 5.45. The molecule has 0 amide bonds. The van der Waals surface area contributed by atoms with E-state index >= 15 is 0 Å². The Labute approximate surface area is 132 Å². The van der Waals surface area contributed by atoms with Gasteiger partial charge >= 0.3 is 0 Å². The Balaban J connectivity index is 1.82. The van der Waals surface area contributed by atoms with E-state index in [0.717, 1.165) is 50.4 Å². The topological polar surface area (TPSA) is 53.7 Å². The van der Waals surface area contributed by atoms with E-state index in [0.29, 0.717) is 0 Å². The van der Waals surface area contributed by atoms with Crippen LogP contribution in [0.4, 0.5) is 0 Å². The van der Waals surface area contributed by atoms with Gasteiger partial charge in [-0.15, -0.1) is 0 Å². The van der Waals surface area contributed by atoms with Crippen molar-refractivity contribution in [2.75, 3.05) is 20.3 Å². The highest BCUT2D eigenvalue weighted by Crippen LogP contribution is 2.39. The molecule has 4 heteroatoms. The zero-order valence-electron chi connectivity index (χ0n) is 13.5. The van der Waals surface area contributed by atoms with Crippen molar-refractivity contribution >= 4 is 0 Å². The van der Waals surface area contributed by atoms with Gasteiger partial charge in [0.15, 0.2) is 11.5 Å². The van der Waals surface area contributed by atoms with Gasteiger partial charge in [-0.2, -0.15) is 0 Å². The van der Waals surface area contributed by atoms with Crippen molar-refractivity contribution < 1.29 is 14.2 Å². The summed E-state index contributed by atoms with van der Waals surface area (Å²) in [6.45, 7) is 1.54. The molecule has 0 unspecified atom stereocenters. The number of nitrogens with two attached hydrogens (primary N) is 1. The largest absolute Gasteiger partial charge is 0.493 e. The molecule has 1 heterocycles. The molecule has 22 heavy (non-hydrogen) atoms. The van der Waals surface area contributed by atoms with Gasteiger partial charge in [-0.1, -0.05) is 25.3 Å². The monoisotopic (exact) mass is 305 g/mol. The molecule has 2 aliphatic rings. The van der Waals surface area contributed by atoms with Crippen LogP contribution in [0, 0.1) is 0 Å². The van der Waals surface area contributed by atoms with Gasteiger partial charge in [0.05, 0.1) is 20.3 Å². The van der Waals surface area contributed by atoms with Crippen LogP contribution in [0.25, 0.3) is 0 Å². The van der Waals surface area contributed by atoms with Crippen LogP contribution in [0.5, 0.6) is 11.5 Å². The van der Waals surface area contributed by atoms with E-state index in [1.807, 2.05) is 6.07 Å². The molecule has 0 aromatic heterocycles. The van der Waals surface area contributed by atoms with Gasteiger partial charge in [0.25, 0.3) is 0 Å². The molecule has 0 bridgehead atoms. The van der Waals surface area contributed by atoms with Crippen LogP contribution in [0.15, 0.2) is 18.2 Å². The fourth-order valence-corrected chi connectivity index (χ4v) is 3.52. The Kier molecular flexibility index (Phi) is 4.89. The average molecular weight is 305 g/mol. The van der Waals surface area contributed by atoms with Gasteiger partial charge in [0.1, 0.15) is 6.10 Å². The molecule has 4 nitrogen and oxygen atoms in total. The zero-order chi connectivity index (χ0) is 15.4. The van der Waals surface area contributed by atoms with Crippen LogP contribution in [0.3, 0.4) is 0 Å². The minimum absolute atomic E-state index is 0.206. The SMILES string of the molecule is COc1ccc(C2(N)CCCCC2)cc1OC1CCOCC1. The molecule has 1 saturated carbocycles. The van der Waals surface area contributed by atoms with Gasteiger partial charge in [-0.25, -0.2) is 0 Å². The van der Waals surface area contributed by atoms with Crippen molar-refractivity contribution in [1.29, 1.82) is 0 Å². The first-order chi connectivity index (χ1) is 10.7. The van der Waals surface area contributed by atoms with Crippen molar-refractivity contribution in [3.05, 3.63) is 23.8 Å². The predicted octanol–water partition coefficient (Wildman–Crippen LogP) is 3.37. The van der Waals surface area contributed by atoms with Gasteiger partial charge in [-0.3, -0.25) is 0 Å². The van der Waals surface area contributed by atoms with E-state index in [1.165, 1.54) is 24.8 Å². The number of benzene rings is 1. The molecular formula is C18H27NO3. The number of hydrogen-bond donors (Lipinski definition) is 1. The van der Waals surface area contributed by atoms with Gasteiger partial charge in [-0.05, 0) is 30.5 Å². The zero-order valence-corrected chi connectivity index (χ0v) is 13.5. The molecule has 3 rings (SSSR count). The maximum atomic E-state index is 6.66. The molecule has 1 saturated heterocycles. The molecule has 0 atom stereocenters. The maximum absolute atomic E-state index is 6.66. The van der Waals surface area contributed by atoms with E-state index in [1.54, 1.807) is 7.11 Å². The number of ether oxygens (including phenoxy) is 3. The standard InChI is InChI=1S/C18H27NO3/c1-20-16-6-5-14(18(19)9-3-2-4-10-18)13-17(16)22-15-7-11-21-12-8-15/h5-6,13,15H,2-4,7-12,19H2,1H3. The second-order valence-electron chi connectivity index (χ2n) is 6.51. The van der Waals surface area contributed by atoms with Gasteiger partial charge in [0, 0.05) is 18.4 Å². The van der Waals surface area contributed by atoms with E-state index < -0.39 is 0 Å². The molecule has 2 N–H and O–H groups in total. The Morgan fingerprint density at radius 2 is 1.82 bits per heavy atom. The summed E-state index contributed by atoms with van der Waals surface area (Å²) in [4.78, 5) is 0. The second kappa shape index (κ2) is 6.88. The lowest BCUT2D eigenvalue weighted by atomic mass is 9.77. The van der Waals surface area contributed by atoms with E-state index in [9.17, 15) is 0 Å². The molecule has 0 spiro atoms. The van der Waals surface area contributed by atoms with E-state index in [2.05, 4.69) is 12.1 Å². The molecule has 2 fully saturated rings. The van der Waals surface area contributed by atoms with Crippen molar-refractivity contribution in [3.63, 3.8) is 0 Å². The molecule has 1 aliphatic heterocycles. The summed E-state index contributed by atoms with van der Waals surface area (Å²) in [5.74, 6) is 1.61. The fourth-order valence-electron chi connectivity index (χ4n) is 3.52. The maximum Gasteiger partial charge on any atom is 0.161 e. The Bertz CT molecular complexity index is 491. The molecule has 122 valence electrons. The van der Waals surface area contributed by atoms with Crippen LogP contribution in [-0.2, 0) is 10.3 Å². The predicted molar refractivity (Wildman–Crippen MR) is 86.4 cm³/mol. The summed E-state index contributed by atoms with van der Waals surface area (Å²) in [6, 6.07) is 6.19. The molecule has 0 radical (unpaired) electrons. The molecule has 1 aromatic carbocycles. The first-order valence-electron chi connectivity index (χ1n) is 8.43. The van der Waals surface area contributed by atoms with Crippen LogP contribution in [0.1, 0.15) is 50.5 Å². The Hall–Kier alpha value is -1.26. The van der Waals surface area contributed by atoms with Crippen molar-refractivity contribution in [3.8, 4) is 11.5 Å². The summed E-state index contributed by atoms with van der Waals surface area (Å²) in [5.41, 5.74) is 7.62. The van der Waals surface area contributed by atoms with Crippen LogP contribution in [0.2, 0.25) is 0 Å². The van der Waals surface area contributed by atoms with Gasteiger partial charge < -0.3 is 19.9 Å². The number of rotatable bonds is 4. The summed E-state index contributed by atoms with van der Waals surface area (Å²) in [5, 5.41) is 0. The van der Waals surface area contributed by atoms with Crippen molar-refractivity contribution in [1.82, 2.24) is 0 Å². The lowest BCUT2D eigenvalue weighted by Gasteiger charge is -2.34. The fraction of sp³-hybridized carbons (Fsp3) is 0.667. The number of hydrogen-bond acceptors (Lipinski definition) is 4. The van der Waals surface area contributed by atoms with Crippen molar-refractivity contribution in [2.45, 2.75) is 56.6 Å². The summed E-state index contributed by atoms with van der Waals surface area (Å²) in [7, 11) is 1.69.